The van der Waals surface area contributed by atoms with Gasteiger partial charge in [0.15, 0.2) is 6.10 Å². The van der Waals surface area contributed by atoms with Crippen LogP contribution >= 0.6 is 0 Å². The number of hydrogen-bond donors (Lipinski definition) is 0. The molecule has 0 aliphatic heterocycles. The van der Waals surface area contributed by atoms with E-state index < -0.39 is 6.10 Å². The quantitative estimate of drug-likeness (QED) is 0.0261. The Labute approximate surface area is 506 Å². The summed E-state index contributed by atoms with van der Waals surface area (Å²) in [6, 6.07) is 0. The summed E-state index contributed by atoms with van der Waals surface area (Å²) < 4.78 is 16.9. The highest BCUT2D eigenvalue weighted by Gasteiger charge is 2.19. The molecule has 0 aliphatic carbocycles. The molecule has 6 nitrogen and oxygen atoms in total. The highest BCUT2D eigenvalue weighted by atomic mass is 16.6. The highest BCUT2D eigenvalue weighted by molar-refractivity contribution is 5.71. The van der Waals surface area contributed by atoms with Crippen molar-refractivity contribution in [3.05, 3.63) is 146 Å². The van der Waals surface area contributed by atoms with E-state index in [0.29, 0.717) is 19.3 Å². The average molecular weight is 1130 g/mol. The maximum absolute atomic E-state index is 12.9. The van der Waals surface area contributed by atoms with Crippen LogP contribution in [0.1, 0.15) is 297 Å². The highest BCUT2D eigenvalue weighted by Crippen LogP contribution is 2.15. The molecule has 0 amide bonds. The van der Waals surface area contributed by atoms with Crippen molar-refractivity contribution in [1.82, 2.24) is 0 Å². The van der Waals surface area contributed by atoms with Crippen molar-refractivity contribution in [2.75, 3.05) is 13.2 Å². The molecule has 0 aromatic heterocycles. The molecule has 82 heavy (non-hydrogen) atoms. The Morgan fingerprint density at radius 2 is 0.476 bits per heavy atom. The van der Waals surface area contributed by atoms with Gasteiger partial charge in [-0.3, -0.25) is 14.4 Å². The number of rotatable bonds is 60. The van der Waals surface area contributed by atoms with E-state index in [-0.39, 0.29) is 31.1 Å². The van der Waals surface area contributed by atoms with E-state index >= 15 is 0 Å². The monoisotopic (exact) mass is 1130 g/mol. The van der Waals surface area contributed by atoms with E-state index in [1.807, 2.05) is 0 Å². The summed E-state index contributed by atoms with van der Waals surface area (Å²) in [5.74, 6) is -0.932. The second kappa shape index (κ2) is 68.8. The Morgan fingerprint density at radius 1 is 0.256 bits per heavy atom. The van der Waals surface area contributed by atoms with E-state index in [9.17, 15) is 14.4 Å². The van der Waals surface area contributed by atoms with Crippen LogP contribution in [0.25, 0.3) is 0 Å². The number of ether oxygens (including phenoxy) is 3. The molecule has 1 atom stereocenters. The Balaban J connectivity index is 4.32. The summed E-state index contributed by atoms with van der Waals surface area (Å²) in [5, 5.41) is 0. The maximum atomic E-state index is 12.9. The number of unbranched alkanes of at least 4 members (excludes halogenated alkanes) is 25. The molecule has 0 aromatic carbocycles. The predicted octanol–water partition coefficient (Wildman–Crippen LogP) is 23.5. The van der Waals surface area contributed by atoms with Gasteiger partial charge >= 0.3 is 17.9 Å². The summed E-state index contributed by atoms with van der Waals surface area (Å²) in [4.78, 5) is 38.3. The number of carbonyl (C=O) groups is 3. The zero-order valence-corrected chi connectivity index (χ0v) is 53.2. The first-order chi connectivity index (χ1) is 40.5. The first kappa shape index (κ1) is 77.3. The van der Waals surface area contributed by atoms with Crippen molar-refractivity contribution in [1.29, 1.82) is 0 Å². The molecule has 0 saturated carbocycles. The minimum atomic E-state index is -0.800. The lowest BCUT2D eigenvalue weighted by atomic mass is 10.1. The van der Waals surface area contributed by atoms with Crippen LogP contribution in [-0.4, -0.2) is 37.2 Å². The maximum Gasteiger partial charge on any atom is 0.306 e. The third-order valence-corrected chi connectivity index (χ3v) is 14.0. The predicted molar refractivity (Wildman–Crippen MR) is 357 cm³/mol. The van der Waals surface area contributed by atoms with Gasteiger partial charge in [-0.15, -0.1) is 0 Å². The first-order valence-electron chi connectivity index (χ1n) is 33.8. The van der Waals surface area contributed by atoms with Gasteiger partial charge in [-0.25, -0.2) is 0 Å². The molecule has 0 aliphatic rings. The number of esters is 3. The van der Waals surface area contributed by atoms with Crippen LogP contribution in [0.4, 0.5) is 0 Å². The van der Waals surface area contributed by atoms with Crippen LogP contribution in [0.5, 0.6) is 0 Å². The molecule has 1 unspecified atom stereocenters. The van der Waals surface area contributed by atoms with Gasteiger partial charge in [-0.2, -0.15) is 0 Å². The van der Waals surface area contributed by atoms with E-state index in [1.165, 1.54) is 109 Å². The molecule has 0 radical (unpaired) electrons. The van der Waals surface area contributed by atoms with E-state index in [2.05, 4.69) is 167 Å². The number of carbonyl (C=O) groups excluding carboxylic acids is 3. The van der Waals surface area contributed by atoms with Gasteiger partial charge < -0.3 is 14.2 Å². The molecule has 0 N–H and O–H groups in total. The van der Waals surface area contributed by atoms with Crippen molar-refractivity contribution >= 4 is 17.9 Å². The minimum absolute atomic E-state index is 0.0951. The van der Waals surface area contributed by atoms with E-state index in [1.54, 1.807) is 0 Å². The standard InChI is InChI=1S/C76H124O6/c1-4-7-10-13-16-19-22-25-27-29-30-31-32-33-34-35-36-37-38-39-40-41-42-43-44-45-46-48-49-51-54-57-60-63-66-69-75(78)81-72-73(71-80-74(77)68-65-62-59-56-53-24-21-18-15-12-9-6-3)82-76(79)70-67-64-61-58-55-52-50-47-28-26-23-20-17-14-11-8-5-2/h7,10,16,18-19,21,25-28,30-31,33-34,36-37,39-40,42-43,45-46,49,51,73H,4-6,8-9,11-15,17,20,22-24,29,32,35,38,41,44,47-48,50,52-72H2,1-3H3/b10-7-,19-16-,21-18-,27-25-,28-26-,31-30-,34-33-,37-36-,40-39-,43-42-,46-45-,51-49-. The number of hydrogen-bond acceptors (Lipinski definition) is 6. The minimum Gasteiger partial charge on any atom is -0.462 e. The first-order valence-corrected chi connectivity index (χ1v) is 33.8. The Kier molecular flexibility index (Phi) is 64.8. The Hall–Kier alpha value is -4.71. The topological polar surface area (TPSA) is 78.9 Å². The third-order valence-electron chi connectivity index (χ3n) is 14.0. The van der Waals surface area contributed by atoms with Crippen molar-refractivity contribution < 1.29 is 28.6 Å². The summed E-state index contributed by atoms with van der Waals surface area (Å²) in [5.41, 5.74) is 0. The summed E-state index contributed by atoms with van der Waals surface area (Å²) >= 11 is 0. The van der Waals surface area contributed by atoms with Crippen molar-refractivity contribution in [3.8, 4) is 0 Å². The average Bonchev–Trinajstić information content (AvgIpc) is 3.47. The van der Waals surface area contributed by atoms with Crippen LogP contribution in [0, 0.1) is 0 Å². The van der Waals surface area contributed by atoms with Crippen molar-refractivity contribution in [3.63, 3.8) is 0 Å². The fourth-order valence-corrected chi connectivity index (χ4v) is 8.99. The lowest BCUT2D eigenvalue weighted by Crippen LogP contribution is -2.30. The van der Waals surface area contributed by atoms with Crippen molar-refractivity contribution in [2.24, 2.45) is 0 Å². The Morgan fingerprint density at radius 3 is 0.780 bits per heavy atom. The van der Waals surface area contributed by atoms with Gasteiger partial charge in [0.05, 0.1) is 0 Å². The zero-order valence-electron chi connectivity index (χ0n) is 53.2. The van der Waals surface area contributed by atoms with Gasteiger partial charge in [-0.1, -0.05) is 276 Å². The SMILES string of the molecule is CC/C=C\C/C=C\C/C=C\C/C=C\C/C=C\C/C=C\C/C=C\C/C=C\C/C=C\C/C=C\CCCCCCC(=O)OCC(COC(=O)CCCCCCC/C=C\CCCCC)OC(=O)CCCCCCCCC/C=C\CCCCCCCC. The van der Waals surface area contributed by atoms with Gasteiger partial charge in [0.25, 0.3) is 0 Å². The van der Waals surface area contributed by atoms with Crippen LogP contribution in [0.2, 0.25) is 0 Å². The molecule has 0 saturated heterocycles. The molecule has 464 valence electrons. The number of allylic oxidation sites excluding steroid dienone is 24. The third kappa shape index (κ3) is 66.1. The molecule has 0 bridgehead atoms. The molecular formula is C76H124O6. The lowest BCUT2D eigenvalue weighted by Gasteiger charge is -2.18. The van der Waals surface area contributed by atoms with Crippen LogP contribution in [-0.2, 0) is 28.6 Å². The van der Waals surface area contributed by atoms with Gasteiger partial charge in [0.1, 0.15) is 13.2 Å². The van der Waals surface area contributed by atoms with Crippen LogP contribution in [0.3, 0.4) is 0 Å². The molecule has 6 heteroatoms. The summed E-state index contributed by atoms with van der Waals surface area (Å²) in [6.07, 6.45) is 98.6. The van der Waals surface area contributed by atoms with Crippen molar-refractivity contribution in [2.45, 2.75) is 303 Å². The van der Waals surface area contributed by atoms with Crippen LogP contribution in [0.15, 0.2) is 146 Å². The second-order valence-corrected chi connectivity index (χ2v) is 22.0. The fourth-order valence-electron chi connectivity index (χ4n) is 8.99. The fraction of sp³-hybridized carbons (Fsp3) is 0.645. The van der Waals surface area contributed by atoms with Gasteiger partial charge in [-0.05, 0) is 148 Å². The molecule has 0 aromatic rings. The smallest absolute Gasteiger partial charge is 0.306 e. The van der Waals surface area contributed by atoms with E-state index in [4.69, 9.17) is 14.2 Å². The van der Waals surface area contributed by atoms with Gasteiger partial charge in [0, 0.05) is 19.3 Å². The molecule has 0 rings (SSSR count). The normalized spacial score (nSPS) is 13.1. The molecule has 0 fully saturated rings. The summed E-state index contributed by atoms with van der Waals surface area (Å²) in [6.45, 7) is 6.47. The van der Waals surface area contributed by atoms with Crippen LogP contribution < -0.4 is 0 Å². The largest absolute Gasteiger partial charge is 0.462 e. The Bertz CT molecular complexity index is 1780. The summed E-state index contributed by atoms with van der Waals surface area (Å²) in [7, 11) is 0. The van der Waals surface area contributed by atoms with Gasteiger partial charge in [0.2, 0.25) is 0 Å². The molecular weight excluding hydrogens is 1010 g/mol. The zero-order chi connectivity index (χ0) is 59.2. The molecule has 0 heterocycles. The molecule has 0 spiro atoms. The lowest BCUT2D eigenvalue weighted by molar-refractivity contribution is -0.167. The second-order valence-electron chi connectivity index (χ2n) is 22.0. The van der Waals surface area contributed by atoms with E-state index in [0.717, 1.165) is 148 Å².